The van der Waals surface area contributed by atoms with Crippen LogP contribution >= 0.6 is 0 Å². The maximum Gasteiger partial charge on any atom is 0.270 e. The summed E-state index contributed by atoms with van der Waals surface area (Å²) in [6, 6.07) is 12.6. The van der Waals surface area contributed by atoms with Crippen LogP contribution in [0, 0.1) is 0 Å². The molecular weight excluding hydrogens is 256 g/mol. The van der Waals surface area contributed by atoms with Crippen LogP contribution in [0.2, 0.25) is 0 Å². The van der Waals surface area contributed by atoms with Crippen LogP contribution in [-0.2, 0) is 4.79 Å². The van der Waals surface area contributed by atoms with Gasteiger partial charge in [0, 0.05) is 6.20 Å². The van der Waals surface area contributed by atoms with Crippen LogP contribution in [0.4, 0.5) is 5.82 Å². The first-order chi connectivity index (χ1) is 9.74. The monoisotopic (exact) mass is 270 g/mol. The molecule has 1 amide bonds. The first-order valence-electron chi connectivity index (χ1n) is 6.38. The Hall–Kier alpha value is -2.56. The fourth-order valence-corrected chi connectivity index (χ4v) is 2.04. The molecular formula is C15H14N2O3. The SMILES string of the molecule is C[C@H]1Oc2ccccc2O[C@@H]1C(=O)Nc1ccccn1. The van der Waals surface area contributed by atoms with Crippen molar-refractivity contribution in [2.24, 2.45) is 0 Å². The van der Waals surface area contributed by atoms with E-state index in [0.29, 0.717) is 17.3 Å². The highest BCUT2D eigenvalue weighted by Crippen LogP contribution is 2.33. The van der Waals surface area contributed by atoms with E-state index in [1.54, 1.807) is 37.4 Å². The van der Waals surface area contributed by atoms with Gasteiger partial charge in [-0.1, -0.05) is 18.2 Å². The molecule has 1 aromatic carbocycles. The Kier molecular flexibility index (Phi) is 3.25. The lowest BCUT2D eigenvalue weighted by Crippen LogP contribution is -2.46. The normalized spacial score (nSPS) is 20.2. The van der Waals surface area contributed by atoms with Crippen molar-refractivity contribution < 1.29 is 14.3 Å². The number of pyridine rings is 1. The van der Waals surface area contributed by atoms with E-state index in [9.17, 15) is 4.79 Å². The van der Waals surface area contributed by atoms with Crippen LogP contribution in [0.25, 0.3) is 0 Å². The molecule has 0 unspecified atom stereocenters. The summed E-state index contributed by atoms with van der Waals surface area (Å²) < 4.78 is 11.4. The predicted molar refractivity (Wildman–Crippen MR) is 73.8 cm³/mol. The lowest BCUT2D eigenvalue weighted by Gasteiger charge is -2.30. The number of ether oxygens (including phenoxy) is 2. The average molecular weight is 270 g/mol. The summed E-state index contributed by atoms with van der Waals surface area (Å²) in [6.07, 6.45) is 0.549. The van der Waals surface area contributed by atoms with Gasteiger partial charge in [0.25, 0.3) is 5.91 Å². The Morgan fingerprint density at radius 3 is 2.50 bits per heavy atom. The molecule has 2 aromatic rings. The van der Waals surface area contributed by atoms with Crippen molar-refractivity contribution in [2.45, 2.75) is 19.1 Å². The predicted octanol–water partition coefficient (Wildman–Crippen LogP) is 2.25. The van der Waals surface area contributed by atoms with E-state index in [1.807, 2.05) is 18.2 Å². The third-order valence-corrected chi connectivity index (χ3v) is 3.02. The molecule has 0 fully saturated rings. The molecule has 2 heterocycles. The Labute approximate surface area is 116 Å². The van der Waals surface area contributed by atoms with E-state index in [1.165, 1.54) is 0 Å². The van der Waals surface area contributed by atoms with Gasteiger partial charge in [0.15, 0.2) is 11.5 Å². The van der Waals surface area contributed by atoms with Gasteiger partial charge in [0.2, 0.25) is 6.10 Å². The molecule has 1 N–H and O–H groups in total. The van der Waals surface area contributed by atoms with Crippen LogP contribution in [0.1, 0.15) is 6.92 Å². The molecule has 0 saturated carbocycles. The molecule has 102 valence electrons. The van der Waals surface area contributed by atoms with Gasteiger partial charge < -0.3 is 14.8 Å². The summed E-state index contributed by atoms with van der Waals surface area (Å²) in [5.74, 6) is 1.45. The number of nitrogens with one attached hydrogen (secondary N) is 1. The molecule has 0 bridgehead atoms. The second kappa shape index (κ2) is 5.21. The summed E-state index contributed by atoms with van der Waals surface area (Å²) in [7, 11) is 0. The first-order valence-corrected chi connectivity index (χ1v) is 6.38. The highest BCUT2D eigenvalue weighted by atomic mass is 16.6. The van der Waals surface area contributed by atoms with Gasteiger partial charge >= 0.3 is 0 Å². The van der Waals surface area contributed by atoms with Crippen molar-refractivity contribution in [2.75, 3.05) is 5.32 Å². The number of carbonyl (C=O) groups excluding carboxylic acids is 1. The van der Waals surface area contributed by atoms with Crippen molar-refractivity contribution in [1.29, 1.82) is 0 Å². The van der Waals surface area contributed by atoms with Gasteiger partial charge in [0.05, 0.1) is 0 Å². The van der Waals surface area contributed by atoms with E-state index < -0.39 is 6.10 Å². The molecule has 2 atom stereocenters. The number of benzene rings is 1. The van der Waals surface area contributed by atoms with Gasteiger partial charge in [-0.05, 0) is 31.2 Å². The number of amides is 1. The van der Waals surface area contributed by atoms with Gasteiger partial charge in [0.1, 0.15) is 11.9 Å². The van der Waals surface area contributed by atoms with Crippen molar-refractivity contribution in [1.82, 2.24) is 4.98 Å². The molecule has 0 aliphatic carbocycles. The van der Waals surface area contributed by atoms with E-state index in [4.69, 9.17) is 9.47 Å². The number of aromatic nitrogens is 1. The first kappa shape index (κ1) is 12.5. The maximum absolute atomic E-state index is 12.2. The standard InChI is InChI=1S/C15H14N2O3/c1-10-14(15(18)17-13-8-4-5-9-16-13)20-12-7-3-2-6-11(12)19-10/h2-10,14H,1H3,(H,16,17,18)/t10-,14+/m1/s1. The number of hydrogen-bond acceptors (Lipinski definition) is 4. The third-order valence-electron chi connectivity index (χ3n) is 3.02. The fourth-order valence-electron chi connectivity index (χ4n) is 2.04. The van der Waals surface area contributed by atoms with E-state index in [-0.39, 0.29) is 12.0 Å². The zero-order valence-electron chi connectivity index (χ0n) is 10.9. The van der Waals surface area contributed by atoms with Crippen molar-refractivity contribution in [3.05, 3.63) is 48.7 Å². The van der Waals surface area contributed by atoms with Gasteiger partial charge in [-0.3, -0.25) is 4.79 Å². The summed E-state index contributed by atoms with van der Waals surface area (Å²) in [4.78, 5) is 16.3. The number of para-hydroxylation sites is 2. The largest absolute Gasteiger partial charge is 0.482 e. The fraction of sp³-hybridized carbons (Fsp3) is 0.200. The Bertz CT molecular complexity index is 616. The molecule has 1 aromatic heterocycles. The van der Waals surface area contributed by atoms with Gasteiger partial charge in [-0.15, -0.1) is 0 Å². The number of fused-ring (bicyclic) bond motifs is 1. The van der Waals surface area contributed by atoms with Crippen LogP contribution in [0.3, 0.4) is 0 Å². The molecule has 0 saturated heterocycles. The number of hydrogen-bond donors (Lipinski definition) is 1. The molecule has 0 spiro atoms. The molecule has 1 aliphatic heterocycles. The third kappa shape index (κ3) is 2.42. The molecule has 20 heavy (non-hydrogen) atoms. The second-order valence-corrected chi connectivity index (χ2v) is 4.51. The summed E-state index contributed by atoms with van der Waals surface area (Å²) in [6.45, 7) is 1.80. The Morgan fingerprint density at radius 2 is 1.80 bits per heavy atom. The molecule has 3 rings (SSSR count). The van der Waals surface area contributed by atoms with Crippen molar-refractivity contribution in [3.63, 3.8) is 0 Å². The Morgan fingerprint density at radius 1 is 1.10 bits per heavy atom. The van der Waals surface area contributed by atoms with E-state index in [2.05, 4.69) is 10.3 Å². The van der Waals surface area contributed by atoms with Gasteiger partial charge in [-0.2, -0.15) is 0 Å². The van der Waals surface area contributed by atoms with Crippen LogP contribution in [-0.4, -0.2) is 23.1 Å². The molecule has 0 radical (unpaired) electrons. The van der Waals surface area contributed by atoms with Crippen molar-refractivity contribution in [3.8, 4) is 11.5 Å². The van der Waals surface area contributed by atoms with Crippen LogP contribution in [0.5, 0.6) is 11.5 Å². The quantitative estimate of drug-likeness (QED) is 0.909. The minimum absolute atomic E-state index is 0.272. The van der Waals surface area contributed by atoms with Gasteiger partial charge in [-0.25, -0.2) is 4.98 Å². The summed E-state index contributed by atoms with van der Waals surface area (Å²) in [5, 5.41) is 2.72. The number of carbonyl (C=O) groups is 1. The van der Waals surface area contributed by atoms with E-state index >= 15 is 0 Å². The van der Waals surface area contributed by atoms with E-state index in [0.717, 1.165) is 0 Å². The lowest BCUT2D eigenvalue weighted by molar-refractivity contribution is -0.128. The average Bonchev–Trinajstić information content (AvgIpc) is 2.47. The zero-order chi connectivity index (χ0) is 13.9. The minimum atomic E-state index is -0.702. The number of nitrogens with zero attached hydrogens (tertiary/aromatic N) is 1. The lowest BCUT2D eigenvalue weighted by atomic mass is 10.1. The highest BCUT2D eigenvalue weighted by molar-refractivity contribution is 5.94. The highest BCUT2D eigenvalue weighted by Gasteiger charge is 2.34. The number of rotatable bonds is 2. The molecule has 1 aliphatic rings. The zero-order valence-corrected chi connectivity index (χ0v) is 10.9. The Balaban J connectivity index is 1.76. The topological polar surface area (TPSA) is 60.5 Å². The van der Waals surface area contributed by atoms with Crippen molar-refractivity contribution >= 4 is 11.7 Å². The smallest absolute Gasteiger partial charge is 0.270 e. The second-order valence-electron chi connectivity index (χ2n) is 4.51. The summed E-state index contributed by atoms with van der Waals surface area (Å²) >= 11 is 0. The molecule has 5 nitrogen and oxygen atoms in total. The molecule has 5 heteroatoms. The number of anilines is 1. The van der Waals surface area contributed by atoms with Crippen LogP contribution < -0.4 is 14.8 Å². The minimum Gasteiger partial charge on any atom is -0.482 e. The van der Waals surface area contributed by atoms with Crippen LogP contribution in [0.15, 0.2) is 48.7 Å². The maximum atomic E-state index is 12.2. The summed E-state index contributed by atoms with van der Waals surface area (Å²) in [5.41, 5.74) is 0.